The number of nitrogens with zero attached hydrogens (tertiary/aromatic N) is 5. The van der Waals surface area contributed by atoms with E-state index in [4.69, 9.17) is 11.6 Å². The van der Waals surface area contributed by atoms with Gasteiger partial charge in [-0.3, -0.25) is 15.0 Å². The topological polar surface area (TPSA) is 76.6 Å². The van der Waals surface area contributed by atoms with Crippen molar-refractivity contribution < 1.29 is 4.92 Å². The Kier molecular flexibility index (Phi) is 5.78. The smallest absolute Gasteiger partial charge is 0.208 e. The summed E-state index contributed by atoms with van der Waals surface area (Å²) >= 11 is 6.00. The largest absolute Gasteiger partial charge is 0.298 e. The number of hydrogen-bond acceptors (Lipinski definition) is 5. The van der Waals surface area contributed by atoms with Crippen LogP contribution >= 0.6 is 11.6 Å². The zero-order valence-corrected chi connectivity index (χ0v) is 17.2. The van der Waals surface area contributed by atoms with Gasteiger partial charge in [0.1, 0.15) is 0 Å². The molecule has 1 atom stereocenters. The van der Waals surface area contributed by atoms with Gasteiger partial charge in [0.15, 0.2) is 5.65 Å². The highest BCUT2D eigenvalue weighted by Gasteiger charge is 2.25. The molecule has 4 rings (SSSR count). The van der Waals surface area contributed by atoms with E-state index in [2.05, 4.69) is 27.1 Å². The minimum absolute atomic E-state index is 0.105. The van der Waals surface area contributed by atoms with Gasteiger partial charge in [-0.15, -0.1) is 0 Å². The van der Waals surface area contributed by atoms with Crippen LogP contribution in [0.3, 0.4) is 0 Å². The van der Waals surface area contributed by atoms with Crippen LogP contribution in [0.5, 0.6) is 0 Å². The van der Waals surface area contributed by atoms with Crippen molar-refractivity contribution in [3.8, 4) is 0 Å². The summed E-state index contributed by atoms with van der Waals surface area (Å²) in [6, 6.07) is 10.1. The van der Waals surface area contributed by atoms with Gasteiger partial charge in [-0.1, -0.05) is 23.7 Å². The number of halogens is 1. The lowest BCUT2D eigenvalue weighted by Gasteiger charge is -2.33. The molecule has 1 fully saturated rings. The molecule has 0 radical (unpaired) electrons. The molecule has 3 heterocycles. The van der Waals surface area contributed by atoms with Gasteiger partial charge in [0.05, 0.1) is 11.4 Å². The number of benzene rings is 1. The van der Waals surface area contributed by atoms with E-state index in [1.165, 1.54) is 5.56 Å². The summed E-state index contributed by atoms with van der Waals surface area (Å²) in [5, 5.41) is 16.2. The van der Waals surface area contributed by atoms with Gasteiger partial charge >= 0.3 is 0 Å². The second-order valence-corrected chi connectivity index (χ2v) is 8.11. The molecule has 29 heavy (non-hydrogen) atoms. The quantitative estimate of drug-likeness (QED) is 0.452. The van der Waals surface area contributed by atoms with E-state index in [1.54, 1.807) is 6.20 Å². The first-order valence-electron chi connectivity index (χ1n) is 9.93. The van der Waals surface area contributed by atoms with Crippen LogP contribution in [0.4, 0.5) is 0 Å². The standard InChI is InChI=1S/C21H24ClN5O2/c1-15-19(9-12-26(28)29)21-23-10-8-20(27(21)24-15)17-3-2-11-25(14-17)13-16-4-6-18(22)7-5-16/h4-8,10,17H,2-3,9,11-14H2,1H3. The number of nitro groups is 1. The number of likely N-dealkylation sites (tertiary alicyclic amines) is 1. The molecule has 1 saturated heterocycles. The first kappa shape index (κ1) is 19.8. The average molecular weight is 414 g/mol. The van der Waals surface area contributed by atoms with Crippen LogP contribution in [0.1, 0.15) is 41.3 Å². The van der Waals surface area contributed by atoms with Crippen LogP contribution in [0.15, 0.2) is 36.5 Å². The van der Waals surface area contributed by atoms with Gasteiger partial charge in [-0.2, -0.15) is 5.10 Å². The molecule has 1 aromatic carbocycles. The lowest BCUT2D eigenvalue weighted by atomic mass is 9.94. The predicted octanol–water partition coefficient (Wildman–Crippen LogP) is 3.89. The van der Waals surface area contributed by atoms with Crippen LogP contribution in [0.25, 0.3) is 5.65 Å². The fourth-order valence-electron chi connectivity index (χ4n) is 4.21. The molecule has 3 aromatic rings. The van der Waals surface area contributed by atoms with Crippen molar-refractivity contribution in [1.29, 1.82) is 0 Å². The summed E-state index contributed by atoms with van der Waals surface area (Å²) in [4.78, 5) is 17.5. The fourth-order valence-corrected chi connectivity index (χ4v) is 4.33. The van der Waals surface area contributed by atoms with Crippen molar-refractivity contribution in [2.75, 3.05) is 19.6 Å². The zero-order chi connectivity index (χ0) is 20.4. The summed E-state index contributed by atoms with van der Waals surface area (Å²) < 4.78 is 1.90. The molecule has 0 bridgehead atoms. The number of aromatic nitrogens is 3. The first-order chi connectivity index (χ1) is 14.0. The van der Waals surface area contributed by atoms with Crippen molar-refractivity contribution in [3.05, 3.63) is 74.2 Å². The van der Waals surface area contributed by atoms with Crippen LogP contribution in [-0.4, -0.2) is 44.1 Å². The molecular weight excluding hydrogens is 390 g/mol. The number of hydrogen-bond donors (Lipinski definition) is 0. The van der Waals surface area contributed by atoms with E-state index >= 15 is 0 Å². The van der Waals surface area contributed by atoms with Gasteiger partial charge in [-0.05, 0) is 50.1 Å². The maximum atomic E-state index is 10.8. The van der Waals surface area contributed by atoms with E-state index in [1.807, 2.05) is 29.6 Å². The minimum Gasteiger partial charge on any atom is -0.298 e. The molecule has 0 spiro atoms. The number of rotatable bonds is 6. The summed E-state index contributed by atoms with van der Waals surface area (Å²) in [5.74, 6) is 0.351. The third-order valence-corrected chi connectivity index (χ3v) is 5.88. The molecule has 0 N–H and O–H groups in total. The molecule has 0 aliphatic carbocycles. The van der Waals surface area contributed by atoms with E-state index < -0.39 is 0 Å². The monoisotopic (exact) mass is 413 g/mol. The van der Waals surface area contributed by atoms with Crippen molar-refractivity contribution in [3.63, 3.8) is 0 Å². The highest BCUT2D eigenvalue weighted by atomic mass is 35.5. The second-order valence-electron chi connectivity index (χ2n) is 7.68. The summed E-state index contributed by atoms with van der Waals surface area (Å²) in [6.45, 7) is 4.71. The Morgan fingerprint density at radius 1 is 1.28 bits per heavy atom. The maximum absolute atomic E-state index is 10.8. The molecule has 1 unspecified atom stereocenters. The Bertz CT molecular complexity index is 1020. The zero-order valence-electron chi connectivity index (χ0n) is 16.4. The first-order valence-corrected chi connectivity index (χ1v) is 10.3. The van der Waals surface area contributed by atoms with Crippen molar-refractivity contribution in [2.24, 2.45) is 0 Å². The van der Waals surface area contributed by atoms with E-state index in [9.17, 15) is 10.1 Å². The lowest BCUT2D eigenvalue weighted by Crippen LogP contribution is -2.34. The van der Waals surface area contributed by atoms with Crippen molar-refractivity contribution >= 4 is 17.2 Å². The van der Waals surface area contributed by atoms with E-state index in [0.717, 1.165) is 60.1 Å². The normalized spacial score (nSPS) is 17.7. The van der Waals surface area contributed by atoms with Gasteiger partial charge in [0.25, 0.3) is 0 Å². The van der Waals surface area contributed by atoms with Crippen LogP contribution in [0, 0.1) is 17.0 Å². The van der Waals surface area contributed by atoms with E-state index in [-0.39, 0.29) is 11.5 Å². The fraction of sp³-hybridized carbons (Fsp3) is 0.429. The third kappa shape index (κ3) is 4.41. The molecule has 0 saturated carbocycles. The highest BCUT2D eigenvalue weighted by molar-refractivity contribution is 6.30. The Morgan fingerprint density at radius 3 is 2.83 bits per heavy atom. The molecule has 8 heteroatoms. The van der Waals surface area contributed by atoms with Gasteiger partial charge in [-0.25, -0.2) is 9.50 Å². The van der Waals surface area contributed by atoms with Gasteiger partial charge < -0.3 is 0 Å². The average Bonchev–Trinajstić information content (AvgIpc) is 3.03. The van der Waals surface area contributed by atoms with Crippen LogP contribution < -0.4 is 0 Å². The minimum atomic E-state index is -0.289. The summed E-state index contributed by atoms with van der Waals surface area (Å²) in [5.41, 5.74) is 4.83. The van der Waals surface area contributed by atoms with Gasteiger partial charge in [0.2, 0.25) is 6.54 Å². The SMILES string of the molecule is Cc1nn2c(C3CCCN(Cc4ccc(Cl)cc4)C3)ccnc2c1CC[N+](=O)[O-]. The second kappa shape index (κ2) is 8.47. The van der Waals surface area contributed by atoms with Crippen molar-refractivity contribution in [2.45, 2.75) is 38.6 Å². The summed E-state index contributed by atoms with van der Waals surface area (Å²) in [7, 11) is 0. The Labute approximate surface area is 174 Å². The van der Waals surface area contributed by atoms with E-state index in [0.29, 0.717) is 12.3 Å². The number of fused-ring (bicyclic) bond motifs is 1. The van der Waals surface area contributed by atoms with Crippen LogP contribution in [-0.2, 0) is 13.0 Å². The molecule has 1 aliphatic heterocycles. The molecule has 7 nitrogen and oxygen atoms in total. The summed E-state index contributed by atoms with van der Waals surface area (Å²) in [6.07, 6.45) is 4.38. The maximum Gasteiger partial charge on any atom is 0.208 e. The lowest BCUT2D eigenvalue weighted by molar-refractivity contribution is -0.479. The Balaban J connectivity index is 1.56. The van der Waals surface area contributed by atoms with Gasteiger partial charge in [0, 0.05) is 47.1 Å². The Hall–Kier alpha value is -2.51. The molecule has 2 aromatic heterocycles. The third-order valence-electron chi connectivity index (χ3n) is 5.63. The molecule has 0 amide bonds. The highest BCUT2D eigenvalue weighted by Crippen LogP contribution is 2.29. The molecular formula is C21H24ClN5O2. The van der Waals surface area contributed by atoms with Crippen LogP contribution in [0.2, 0.25) is 5.02 Å². The predicted molar refractivity (Wildman–Crippen MR) is 112 cm³/mol. The molecule has 152 valence electrons. The number of aryl methyl sites for hydroxylation is 1. The number of piperidine rings is 1. The molecule has 1 aliphatic rings. The van der Waals surface area contributed by atoms with Crippen molar-refractivity contribution in [1.82, 2.24) is 19.5 Å². The Morgan fingerprint density at radius 2 is 2.07 bits per heavy atom.